The normalized spacial score (nSPS) is 12.0. The van der Waals surface area contributed by atoms with E-state index in [0.29, 0.717) is 17.7 Å². The zero-order valence-electron chi connectivity index (χ0n) is 16.0. The molecule has 29 heavy (non-hydrogen) atoms. The van der Waals surface area contributed by atoms with E-state index in [-0.39, 0.29) is 27.7 Å². The summed E-state index contributed by atoms with van der Waals surface area (Å²) >= 11 is 0. The van der Waals surface area contributed by atoms with Gasteiger partial charge in [-0.25, -0.2) is 0 Å². The van der Waals surface area contributed by atoms with Gasteiger partial charge in [0.2, 0.25) is 0 Å². The van der Waals surface area contributed by atoms with Gasteiger partial charge in [-0.1, -0.05) is 48.5 Å². The smallest absolute Gasteiger partial charge is 0.274 e. The van der Waals surface area contributed by atoms with Crippen molar-refractivity contribution in [2.24, 2.45) is 7.05 Å². The Kier molecular flexibility index (Phi) is 6.04. The van der Waals surface area contributed by atoms with Crippen molar-refractivity contribution in [1.82, 2.24) is 14.9 Å². The molecule has 0 radical (unpaired) electrons. The van der Waals surface area contributed by atoms with Gasteiger partial charge in [0.1, 0.15) is 10.7 Å². The molecule has 0 spiro atoms. The number of amides is 1. The lowest BCUT2D eigenvalue weighted by atomic mass is 10.1. The van der Waals surface area contributed by atoms with Crippen LogP contribution in [-0.4, -0.2) is 22.0 Å². The van der Waals surface area contributed by atoms with Crippen LogP contribution in [0.25, 0.3) is 12.2 Å². The van der Waals surface area contributed by atoms with Crippen molar-refractivity contribution >= 4 is 18.1 Å². The van der Waals surface area contributed by atoms with Gasteiger partial charge in [0.25, 0.3) is 17.0 Å². The van der Waals surface area contributed by atoms with Crippen LogP contribution in [0.5, 0.6) is 0 Å². The topological polar surface area (TPSA) is 84.0 Å². The second-order valence-electron chi connectivity index (χ2n) is 6.44. The number of hydrogen-bond acceptors (Lipinski definition) is 3. The van der Waals surface area contributed by atoms with Crippen LogP contribution in [-0.2, 0) is 7.05 Å². The molecule has 2 aromatic carbocycles. The van der Waals surface area contributed by atoms with Crippen molar-refractivity contribution in [3.05, 3.63) is 115 Å². The van der Waals surface area contributed by atoms with E-state index in [1.165, 1.54) is 4.57 Å². The molecular formula is C23H21N3O3. The lowest BCUT2D eigenvalue weighted by Crippen LogP contribution is -2.52. The number of nitrogens with one attached hydrogen (secondary N) is 2. The summed E-state index contributed by atoms with van der Waals surface area (Å²) in [5.74, 6) is -0.207. The van der Waals surface area contributed by atoms with Crippen molar-refractivity contribution < 1.29 is 4.79 Å². The summed E-state index contributed by atoms with van der Waals surface area (Å²) in [4.78, 5) is 39.8. The summed E-state index contributed by atoms with van der Waals surface area (Å²) in [5.41, 5.74) is 1.34. The SMILES string of the molecule is C=CCNC(=O)c1ccc(C=c2[nH]c(=O)c(=Cc3ccccc3)n(C)c2=O)cc1. The number of aromatic nitrogens is 2. The van der Waals surface area contributed by atoms with E-state index in [4.69, 9.17) is 0 Å². The van der Waals surface area contributed by atoms with E-state index in [1.807, 2.05) is 30.3 Å². The fourth-order valence-electron chi connectivity index (χ4n) is 2.81. The molecule has 0 fully saturated rings. The van der Waals surface area contributed by atoms with Gasteiger partial charge in [-0.2, -0.15) is 0 Å². The van der Waals surface area contributed by atoms with Gasteiger partial charge in [-0.3, -0.25) is 14.4 Å². The minimum Gasteiger partial charge on any atom is -0.349 e. The first kappa shape index (κ1) is 19.8. The van der Waals surface area contributed by atoms with Gasteiger partial charge in [-0.15, -0.1) is 6.58 Å². The molecule has 0 saturated carbocycles. The molecule has 6 nitrogen and oxygen atoms in total. The Morgan fingerprint density at radius 2 is 1.69 bits per heavy atom. The van der Waals surface area contributed by atoms with Crippen LogP contribution >= 0.6 is 0 Å². The molecule has 0 unspecified atom stereocenters. The van der Waals surface area contributed by atoms with Crippen LogP contribution in [0.1, 0.15) is 21.5 Å². The molecule has 146 valence electrons. The number of rotatable bonds is 5. The lowest BCUT2D eigenvalue weighted by Gasteiger charge is -2.03. The molecule has 3 rings (SSSR count). The van der Waals surface area contributed by atoms with E-state index in [2.05, 4.69) is 16.9 Å². The van der Waals surface area contributed by atoms with Crippen LogP contribution in [0.3, 0.4) is 0 Å². The Morgan fingerprint density at radius 3 is 2.34 bits per heavy atom. The average Bonchev–Trinajstić information content (AvgIpc) is 2.74. The van der Waals surface area contributed by atoms with Crippen molar-refractivity contribution in [2.45, 2.75) is 0 Å². The summed E-state index contributed by atoms with van der Waals surface area (Å²) in [6.07, 6.45) is 4.85. The lowest BCUT2D eigenvalue weighted by molar-refractivity contribution is 0.0958. The number of carbonyl (C=O) groups excluding carboxylic acids is 1. The highest BCUT2D eigenvalue weighted by molar-refractivity contribution is 5.94. The van der Waals surface area contributed by atoms with Crippen molar-refractivity contribution in [1.29, 1.82) is 0 Å². The molecule has 0 bridgehead atoms. The van der Waals surface area contributed by atoms with Crippen LogP contribution in [0.2, 0.25) is 0 Å². The van der Waals surface area contributed by atoms with Crippen LogP contribution in [0, 0.1) is 0 Å². The van der Waals surface area contributed by atoms with Gasteiger partial charge < -0.3 is 14.9 Å². The third-order valence-electron chi connectivity index (χ3n) is 4.37. The van der Waals surface area contributed by atoms with Crippen molar-refractivity contribution in [3.63, 3.8) is 0 Å². The van der Waals surface area contributed by atoms with E-state index < -0.39 is 0 Å². The highest BCUT2D eigenvalue weighted by Gasteiger charge is 2.04. The number of hydrogen-bond donors (Lipinski definition) is 2. The van der Waals surface area contributed by atoms with Gasteiger partial charge >= 0.3 is 0 Å². The van der Waals surface area contributed by atoms with Crippen LogP contribution in [0.15, 0.2) is 76.8 Å². The first-order chi connectivity index (χ1) is 14.0. The molecular weight excluding hydrogens is 366 g/mol. The highest BCUT2D eigenvalue weighted by atomic mass is 16.2. The summed E-state index contributed by atoms with van der Waals surface area (Å²) < 4.78 is 1.33. The zero-order chi connectivity index (χ0) is 20.8. The minimum atomic E-state index is -0.359. The molecule has 2 N–H and O–H groups in total. The number of nitrogens with zero attached hydrogens (tertiary/aromatic N) is 1. The maximum absolute atomic E-state index is 12.7. The molecule has 0 aliphatic heterocycles. The first-order valence-electron chi connectivity index (χ1n) is 9.06. The number of carbonyl (C=O) groups is 1. The molecule has 0 aliphatic rings. The van der Waals surface area contributed by atoms with E-state index in [9.17, 15) is 14.4 Å². The number of benzene rings is 2. The van der Waals surface area contributed by atoms with Gasteiger partial charge in [0.05, 0.1) is 0 Å². The predicted molar refractivity (Wildman–Crippen MR) is 114 cm³/mol. The summed E-state index contributed by atoms with van der Waals surface area (Å²) in [6, 6.07) is 16.1. The predicted octanol–water partition coefficient (Wildman–Crippen LogP) is 0.647. The minimum absolute atomic E-state index is 0.173. The summed E-state index contributed by atoms with van der Waals surface area (Å²) in [5, 5.41) is 3.14. The Morgan fingerprint density at radius 1 is 1.03 bits per heavy atom. The van der Waals surface area contributed by atoms with Gasteiger partial charge in [-0.05, 0) is 35.4 Å². The molecule has 0 saturated heterocycles. The number of H-pyrrole nitrogens is 1. The fourth-order valence-corrected chi connectivity index (χ4v) is 2.81. The Balaban J connectivity index is 2.00. The standard InChI is InChI=1S/C23H21N3O3/c1-3-13-24-21(27)18-11-9-17(10-12-18)14-19-23(29)26(2)20(22(28)25-19)15-16-7-5-4-6-8-16/h3-12,14-15H,1,13H2,2H3,(H,24,27)(H,25,28). The molecule has 0 atom stereocenters. The third-order valence-corrected chi connectivity index (χ3v) is 4.37. The van der Waals surface area contributed by atoms with Crippen molar-refractivity contribution in [3.8, 4) is 0 Å². The molecule has 1 heterocycles. The molecule has 3 aromatic rings. The second kappa shape index (κ2) is 8.84. The van der Waals surface area contributed by atoms with E-state index in [1.54, 1.807) is 49.5 Å². The van der Waals surface area contributed by atoms with E-state index >= 15 is 0 Å². The average molecular weight is 387 g/mol. The quantitative estimate of drug-likeness (QED) is 0.631. The molecule has 1 aromatic heterocycles. The monoisotopic (exact) mass is 387 g/mol. The van der Waals surface area contributed by atoms with Gasteiger partial charge in [0.15, 0.2) is 0 Å². The maximum atomic E-state index is 12.7. The van der Waals surface area contributed by atoms with Gasteiger partial charge in [0, 0.05) is 19.2 Å². The molecule has 0 aliphatic carbocycles. The molecule has 1 amide bonds. The maximum Gasteiger partial charge on any atom is 0.274 e. The highest BCUT2D eigenvalue weighted by Crippen LogP contribution is 2.04. The Hall–Kier alpha value is -3.93. The van der Waals surface area contributed by atoms with Crippen LogP contribution in [0.4, 0.5) is 0 Å². The third kappa shape index (κ3) is 4.68. The first-order valence-corrected chi connectivity index (χ1v) is 9.06. The van der Waals surface area contributed by atoms with Crippen molar-refractivity contribution in [2.75, 3.05) is 6.54 Å². The Bertz CT molecular complexity index is 1270. The summed E-state index contributed by atoms with van der Waals surface area (Å²) in [6.45, 7) is 3.94. The summed E-state index contributed by atoms with van der Waals surface area (Å²) in [7, 11) is 1.57. The second-order valence-corrected chi connectivity index (χ2v) is 6.44. The zero-order valence-corrected chi connectivity index (χ0v) is 16.0. The largest absolute Gasteiger partial charge is 0.349 e. The molecule has 6 heteroatoms. The van der Waals surface area contributed by atoms with E-state index in [0.717, 1.165) is 5.56 Å². The Labute approximate surface area is 167 Å². The number of aromatic amines is 1. The fraction of sp³-hybridized carbons (Fsp3) is 0.0870. The van der Waals surface area contributed by atoms with Crippen LogP contribution < -0.4 is 27.1 Å².